The molecule has 26 heavy (non-hydrogen) atoms. The third-order valence-electron chi connectivity index (χ3n) is 4.69. The Labute approximate surface area is 158 Å². The van der Waals surface area contributed by atoms with Gasteiger partial charge in [-0.25, -0.2) is 9.37 Å². The lowest BCUT2D eigenvalue weighted by Crippen LogP contribution is -2.35. The predicted molar refractivity (Wildman–Crippen MR) is 102 cm³/mol. The second-order valence-electron chi connectivity index (χ2n) is 6.75. The molecule has 0 radical (unpaired) electrons. The van der Waals surface area contributed by atoms with E-state index >= 15 is 0 Å². The molecule has 3 rings (SSSR count). The van der Waals surface area contributed by atoms with Crippen molar-refractivity contribution in [1.29, 1.82) is 0 Å². The Morgan fingerprint density at radius 1 is 1.27 bits per heavy atom. The first-order valence-electron chi connectivity index (χ1n) is 9.22. The zero-order chi connectivity index (χ0) is 18.4. The van der Waals surface area contributed by atoms with Crippen LogP contribution in [0.1, 0.15) is 50.0 Å². The molecule has 2 aromatic rings. The summed E-state index contributed by atoms with van der Waals surface area (Å²) < 4.78 is 19.5. The number of carbonyl (C=O) groups is 1. The first kappa shape index (κ1) is 19.0. The van der Waals surface area contributed by atoms with Gasteiger partial charge in [-0.1, -0.05) is 37.8 Å². The molecule has 1 aliphatic rings. The van der Waals surface area contributed by atoms with Crippen LogP contribution >= 0.6 is 11.8 Å². The highest BCUT2D eigenvalue weighted by atomic mass is 32.2. The Morgan fingerprint density at radius 3 is 2.73 bits per heavy atom. The molecule has 6 heteroatoms. The molecule has 1 N–H and O–H groups in total. The molecule has 0 atom stereocenters. The Kier molecular flexibility index (Phi) is 6.72. The van der Waals surface area contributed by atoms with Crippen LogP contribution in [0.15, 0.2) is 28.7 Å². The highest BCUT2D eigenvalue weighted by Crippen LogP contribution is 2.26. The second kappa shape index (κ2) is 9.21. The summed E-state index contributed by atoms with van der Waals surface area (Å²) in [6, 6.07) is 6.76. The smallest absolute Gasteiger partial charge is 0.230 e. The molecule has 1 saturated carbocycles. The number of rotatable bonds is 6. The Bertz CT molecular complexity index is 739. The van der Waals surface area contributed by atoms with E-state index in [1.165, 1.54) is 43.5 Å². The van der Waals surface area contributed by atoms with Gasteiger partial charge in [-0.3, -0.25) is 4.79 Å². The average Bonchev–Trinajstić information content (AvgIpc) is 2.82. The molecule has 1 aromatic heterocycles. The van der Waals surface area contributed by atoms with Crippen molar-refractivity contribution in [3.05, 3.63) is 41.5 Å². The molecule has 0 bridgehead atoms. The van der Waals surface area contributed by atoms with Gasteiger partial charge >= 0.3 is 0 Å². The molecule has 0 spiro atoms. The number of aromatic nitrogens is 1. The summed E-state index contributed by atoms with van der Waals surface area (Å²) in [5.41, 5.74) is 1.12. The maximum absolute atomic E-state index is 13.9. The molecule has 0 unspecified atom stereocenters. The number of aryl methyl sites for hydroxylation is 1. The molecule has 0 saturated heterocycles. The van der Waals surface area contributed by atoms with Gasteiger partial charge in [0.15, 0.2) is 0 Å². The lowest BCUT2D eigenvalue weighted by molar-refractivity contribution is -0.119. The van der Waals surface area contributed by atoms with Crippen molar-refractivity contribution >= 4 is 17.7 Å². The summed E-state index contributed by atoms with van der Waals surface area (Å²) >= 11 is 1.51. The van der Waals surface area contributed by atoms with Gasteiger partial charge in [0.1, 0.15) is 11.6 Å². The first-order chi connectivity index (χ1) is 12.6. The van der Waals surface area contributed by atoms with Crippen LogP contribution in [0.3, 0.4) is 0 Å². The van der Waals surface area contributed by atoms with Crippen molar-refractivity contribution in [3.8, 4) is 11.5 Å². The quantitative estimate of drug-likeness (QED) is 0.732. The fourth-order valence-corrected chi connectivity index (χ4v) is 4.08. The van der Waals surface area contributed by atoms with E-state index in [4.69, 9.17) is 4.42 Å². The third kappa shape index (κ3) is 5.10. The molecule has 1 aromatic carbocycles. The van der Waals surface area contributed by atoms with Crippen LogP contribution < -0.4 is 5.32 Å². The van der Waals surface area contributed by atoms with Crippen LogP contribution in [0.4, 0.5) is 4.39 Å². The van der Waals surface area contributed by atoms with Gasteiger partial charge in [-0.2, -0.15) is 0 Å². The molecular formula is C20H25FN2O2S. The Hall–Kier alpha value is -1.82. The summed E-state index contributed by atoms with van der Waals surface area (Å²) in [6.07, 6.45) is 7.13. The summed E-state index contributed by atoms with van der Waals surface area (Å²) in [6.45, 7) is 1.82. The minimum atomic E-state index is -0.351. The summed E-state index contributed by atoms with van der Waals surface area (Å²) in [7, 11) is 0. The van der Waals surface area contributed by atoms with Crippen LogP contribution in [-0.2, 0) is 10.5 Å². The molecule has 140 valence electrons. The van der Waals surface area contributed by atoms with Crippen molar-refractivity contribution in [1.82, 2.24) is 10.3 Å². The first-order valence-corrected chi connectivity index (χ1v) is 10.4. The van der Waals surface area contributed by atoms with Crippen molar-refractivity contribution in [2.75, 3.05) is 5.75 Å². The highest BCUT2D eigenvalue weighted by Gasteiger charge is 2.17. The summed E-state index contributed by atoms with van der Waals surface area (Å²) in [5.74, 6) is 1.66. The summed E-state index contributed by atoms with van der Waals surface area (Å²) in [4.78, 5) is 16.6. The Morgan fingerprint density at radius 2 is 2.00 bits per heavy atom. The average molecular weight is 376 g/mol. The molecule has 0 aliphatic heterocycles. The van der Waals surface area contributed by atoms with E-state index in [0.29, 0.717) is 34.8 Å². The molecule has 1 aliphatic carbocycles. The van der Waals surface area contributed by atoms with E-state index in [1.54, 1.807) is 18.2 Å². The molecule has 4 nitrogen and oxygen atoms in total. The number of hydrogen-bond donors (Lipinski definition) is 1. The van der Waals surface area contributed by atoms with Gasteiger partial charge in [0.2, 0.25) is 11.8 Å². The standard InChI is InChI=1S/C20H25FN2O2S/c1-14-18(23-20(25-14)16-10-6-7-11-17(16)21)12-26-13-19(24)22-15-8-4-2-3-5-9-15/h6-7,10-11,15H,2-5,8-9,12-13H2,1H3,(H,22,24). The van der Waals surface area contributed by atoms with Crippen LogP contribution in [0.25, 0.3) is 11.5 Å². The topological polar surface area (TPSA) is 55.1 Å². The number of hydrogen-bond acceptors (Lipinski definition) is 4. The SMILES string of the molecule is Cc1oc(-c2ccccc2F)nc1CSCC(=O)NC1CCCCCC1. The maximum Gasteiger partial charge on any atom is 0.230 e. The zero-order valence-corrected chi connectivity index (χ0v) is 15.9. The minimum absolute atomic E-state index is 0.0809. The van der Waals surface area contributed by atoms with Gasteiger partial charge < -0.3 is 9.73 Å². The fourth-order valence-electron chi connectivity index (χ4n) is 3.25. The van der Waals surface area contributed by atoms with Crippen LogP contribution in [0.2, 0.25) is 0 Å². The number of benzene rings is 1. The number of nitrogens with zero attached hydrogens (tertiary/aromatic N) is 1. The zero-order valence-electron chi connectivity index (χ0n) is 15.1. The van der Waals surface area contributed by atoms with E-state index in [9.17, 15) is 9.18 Å². The lowest BCUT2D eigenvalue weighted by Gasteiger charge is -2.15. The van der Waals surface area contributed by atoms with Gasteiger partial charge in [-0.15, -0.1) is 11.8 Å². The van der Waals surface area contributed by atoms with Crippen LogP contribution in [0, 0.1) is 12.7 Å². The predicted octanol–water partition coefficient (Wildman–Crippen LogP) is 4.86. The molecular weight excluding hydrogens is 351 g/mol. The van der Waals surface area contributed by atoms with E-state index < -0.39 is 0 Å². The van der Waals surface area contributed by atoms with Crippen LogP contribution in [-0.4, -0.2) is 22.7 Å². The van der Waals surface area contributed by atoms with E-state index in [1.807, 2.05) is 6.92 Å². The molecule has 1 fully saturated rings. The van der Waals surface area contributed by atoms with Gasteiger partial charge in [0.25, 0.3) is 0 Å². The number of oxazole rings is 1. The molecule has 1 amide bonds. The van der Waals surface area contributed by atoms with Crippen molar-refractivity contribution in [3.63, 3.8) is 0 Å². The number of nitrogens with one attached hydrogen (secondary N) is 1. The van der Waals surface area contributed by atoms with Gasteiger partial charge in [0, 0.05) is 11.8 Å². The van der Waals surface area contributed by atoms with Crippen LogP contribution in [0.5, 0.6) is 0 Å². The number of thioether (sulfide) groups is 1. The largest absolute Gasteiger partial charge is 0.441 e. The minimum Gasteiger partial charge on any atom is -0.441 e. The number of amides is 1. The molecule has 1 heterocycles. The van der Waals surface area contributed by atoms with Crippen molar-refractivity contribution < 1.29 is 13.6 Å². The maximum atomic E-state index is 13.9. The van der Waals surface area contributed by atoms with Crippen molar-refractivity contribution in [2.24, 2.45) is 0 Å². The second-order valence-corrected chi connectivity index (χ2v) is 7.74. The lowest BCUT2D eigenvalue weighted by atomic mass is 10.1. The van der Waals surface area contributed by atoms with E-state index in [-0.39, 0.29) is 11.7 Å². The van der Waals surface area contributed by atoms with Gasteiger partial charge in [0.05, 0.1) is 17.0 Å². The fraction of sp³-hybridized carbons (Fsp3) is 0.500. The van der Waals surface area contributed by atoms with E-state index in [0.717, 1.165) is 18.5 Å². The monoisotopic (exact) mass is 376 g/mol. The number of carbonyl (C=O) groups excluding carboxylic acids is 1. The highest BCUT2D eigenvalue weighted by molar-refractivity contribution is 7.99. The normalized spacial score (nSPS) is 15.6. The summed E-state index contributed by atoms with van der Waals surface area (Å²) in [5, 5.41) is 3.15. The van der Waals surface area contributed by atoms with Gasteiger partial charge in [-0.05, 0) is 31.9 Å². The van der Waals surface area contributed by atoms with E-state index in [2.05, 4.69) is 10.3 Å². The Balaban J connectivity index is 1.50. The van der Waals surface area contributed by atoms with Crippen molar-refractivity contribution in [2.45, 2.75) is 57.2 Å². The third-order valence-corrected chi connectivity index (χ3v) is 5.63. The number of halogens is 1.